The van der Waals surface area contributed by atoms with Crippen molar-refractivity contribution in [1.82, 2.24) is 4.98 Å². The monoisotopic (exact) mass is 353 g/mol. The van der Waals surface area contributed by atoms with Crippen LogP contribution in [-0.2, 0) is 0 Å². The molecular formula is C23H31NO2. The molecule has 3 rings (SSSR count). The average Bonchev–Trinajstić information content (AvgIpc) is 2.70. The summed E-state index contributed by atoms with van der Waals surface area (Å²) in [6.07, 6.45) is 0.628. The first kappa shape index (κ1) is 25.4. The molecule has 0 aliphatic carbocycles. The zero-order valence-corrected chi connectivity index (χ0v) is 14.6. The molecule has 0 radical (unpaired) electrons. The van der Waals surface area contributed by atoms with Gasteiger partial charge >= 0.3 is 0 Å². The van der Waals surface area contributed by atoms with Gasteiger partial charge in [-0.3, -0.25) is 9.59 Å². The van der Waals surface area contributed by atoms with Crippen LogP contribution in [-0.4, -0.2) is 17.1 Å². The summed E-state index contributed by atoms with van der Waals surface area (Å²) in [5, 5.41) is 0.845. The number of hydrogen-bond acceptors (Lipinski definition) is 3. The summed E-state index contributed by atoms with van der Waals surface area (Å²) >= 11 is 0. The molecule has 140 valence electrons. The van der Waals surface area contributed by atoms with E-state index in [2.05, 4.69) is 4.98 Å². The van der Waals surface area contributed by atoms with E-state index in [-0.39, 0.29) is 26.3 Å². The van der Waals surface area contributed by atoms with Gasteiger partial charge in [-0.05, 0) is 12.1 Å². The van der Waals surface area contributed by atoms with Crippen molar-refractivity contribution in [2.45, 2.75) is 42.5 Å². The summed E-state index contributed by atoms with van der Waals surface area (Å²) in [5.74, 6) is -0.189. The van der Waals surface area contributed by atoms with Crippen molar-refractivity contribution in [3.8, 4) is 0 Å². The van der Waals surface area contributed by atoms with E-state index in [1.54, 1.807) is 30.3 Å². The molecule has 0 saturated heterocycles. The van der Waals surface area contributed by atoms with Gasteiger partial charge in [0.2, 0.25) is 0 Å². The van der Waals surface area contributed by atoms with Crippen LogP contribution in [0, 0.1) is 0 Å². The topological polar surface area (TPSA) is 47.0 Å². The van der Waals surface area contributed by atoms with E-state index < -0.39 is 0 Å². The number of carbonyl (C=O) groups is 2. The first-order valence-electron chi connectivity index (χ1n) is 8.24. The Balaban J connectivity index is 0. The first-order chi connectivity index (χ1) is 11.8. The van der Waals surface area contributed by atoms with Gasteiger partial charge in [0, 0.05) is 10.9 Å². The Bertz CT molecular complexity index is 796. The summed E-state index contributed by atoms with van der Waals surface area (Å²) in [6, 6.07) is 18.0. The van der Waals surface area contributed by atoms with Crippen LogP contribution < -0.4 is 0 Å². The van der Waals surface area contributed by atoms with E-state index in [0.717, 1.165) is 5.39 Å². The molecule has 0 amide bonds. The Morgan fingerprint density at radius 3 is 1.96 bits per heavy atom. The zero-order chi connectivity index (χ0) is 17.9. The fourth-order valence-electron chi connectivity index (χ4n) is 2.15. The predicted octanol–water partition coefficient (Wildman–Crippen LogP) is 6.60. The Hall–Kier alpha value is -2.81. The molecule has 0 aliphatic rings. The third-order valence-corrected chi connectivity index (χ3v) is 3.15. The highest BCUT2D eigenvalue weighted by atomic mass is 16.1. The van der Waals surface area contributed by atoms with Crippen LogP contribution in [0.5, 0.6) is 0 Å². The van der Waals surface area contributed by atoms with Crippen LogP contribution >= 0.6 is 0 Å². The number of hydrogen-bond donors (Lipinski definition) is 0. The van der Waals surface area contributed by atoms with Crippen molar-refractivity contribution in [3.63, 3.8) is 0 Å². The first-order valence-corrected chi connectivity index (χ1v) is 8.24. The van der Waals surface area contributed by atoms with Gasteiger partial charge in [0.05, 0.1) is 11.1 Å². The minimum Gasteiger partial charge on any atom is -0.296 e. The Kier molecular flexibility index (Phi) is 13.2. The van der Waals surface area contributed by atoms with Crippen LogP contribution in [0.4, 0.5) is 0 Å². The van der Waals surface area contributed by atoms with E-state index in [1.807, 2.05) is 58.0 Å². The number of benzene rings is 2. The van der Waals surface area contributed by atoms with Gasteiger partial charge in [-0.25, -0.2) is 4.98 Å². The van der Waals surface area contributed by atoms with Crippen molar-refractivity contribution in [1.29, 1.82) is 0 Å². The molecule has 26 heavy (non-hydrogen) atoms. The molecule has 3 heteroatoms. The van der Waals surface area contributed by atoms with Gasteiger partial charge in [0.25, 0.3) is 0 Å². The lowest BCUT2D eigenvalue weighted by molar-refractivity contribution is 0.102. The van der Waals surface area contributed by atoms with E-state index in [9.17, 15) is 9.59 Å². The standard InChI is InChI=1S/C17H11NO2.2C2H6.2CH4/c19-11-16-14(17(20)12-6-2-1-3-7-12)10-13-8-4-5-9-15(13)18-16;2*1-2;;/h1-11H;2*1-2H3;2*1H4. The SMILES string of the molecule is C.C.CC.CC.O=Cc1nc2ccccc2cc1C(=O)c1ccccc1. The van der Waals surface area contributed by atoms with Gasteiger partial charge in [-0.1, -0.05) is 91.1 Å². The van der Waals surface area contributed by atoms with Crippen LogP contribution in [0.15, 0.2) is 60.7 Å². The number of aromatic nitrogens is 1. The molecule has 1 heterocycles. The number of para-hydroxylation sites is 1. The number of carbonyl (C=O) groups excluding carboxylic acids is 2. The molecule has 0 fully saturated rings. The fourth-order valence-corrected chi connectivity index (χ4v) is 2.15. The summed E-state index contributed by atoms with van der Waals surface area (Å²) in [6.45, 7) is 8.00. The van der Waals surface area contributed by atoms with Crippen molar-refractivity contribution in [2.75, 3.05) is 0 Å². The predicted molar refractivity (Wildman–Crippen MR) is 113 cm³/mol. The van der Waals surface area contributed by atoms with Gasteiger partial charge < -0.3 is 0 Å². The Labute approximate surface area is 158 Å². The minimum absolute atomic E-state index is 0. The largest absolute Gasteiger partial charge is 0.296 e. The van der Waals surface area contributed by atoms with Gasteiger partial charge in [0.15, 0.2) is 12.1 Å². The molecule has 0 unspecified atom stereocenters. The van der Waals surface area contributed by atoms with Gasteiger partial charge in [-0.2, -0.15) is 0 Å². The fraction of sp³-hybridized carbons (Fsp3) is 0.261. The molecular weight excluding hydrogens is 322 g/mol. The Morgan fingerprint density at radius 1 is 0.846 bits per heavy atom. The molecule has 0 spiro atoms. The summed E-state index contributed by atoms with van der Waals surface area (Å²) < 4.78 is 0. The van der Waals surface area contributed by atoms with Crippen LogP contribution in [0.2, 0.25) is 0 Å². The lowest BCUT2D eigenvalue weighted by Gasteiger charge is -2.06. The quantitative estimate of drug-likeness (QED) is 0.393. The van der Waals surface area contributed by atoms with E-state index in [1.165, 1.54) is 0 Å². The highest BCUT2D eigenvalue weighted by molar-refractivity contribution is 6.13. The van der Waals surface area contributed by atoms with E-state index >= 15 is 0 Å². The van der Waals surface area contributed by atoms with Crippen molar-refractivity contribution in [3.05, 3.63) is 77.5 Å². The lowest BCUT2D eigenvalue weighted by Crippen LogP contribution is -2.07. The van der Waals surface area contributed by atoms with Crippen molar-refractivity contribution < 1.29 is 9.59 Å². The second kappa shape index (κ2) is 13.5. The van der Waals surface area contributed by atoms with Gasteiger partial charge in [0.1, 0.15) is 5.69 Å². The molecule has 1 aromatic heterocycles. The minimum atomic E-state index is -0.189. The molecule has 0 aliphatic heterocycles. The van der Waals surface area contributed by atoms with Crippen LogP contribution in [0.3, 0.4) is 0 Å². The van der Waals surface area contributed by atoms with Crippen molar-refractivity contribution >= 4 is 23.0 Å². The molecule has 3 aromatic rings. The normalized spacial score (nSPS) is 8.46. The van der Waals surface area contributed by atoms with Crippen LogP contribution in [0.25, 0.3) is 10.9 Å². The van der Waals surface area contributed by atoms with Crippen LogP contribution in [0.1, 0.15) is 69.0 Å². The number of rotatable bonds is 3. The summed E-state index contributed by atoms with van der Waals surface area (Å²) in [7, 11) is 0. The third-order valence-electron chi connectivity index (χ3n) is 3.15. The maximum absolute atomic E-state index is 12.5. The number of pyridine rings is 1. The molecule has 2 aromatic carbocycles. The molecule has 0 bridgehead atoms. The smallest absolute Gasteiger partial charge is 0.195 e. The third kappa shape index (κ3) is 5.92. The second-order valence-corrected chi connectivity index (χ2v) is 4.43. The molecule has 0 saturated carbocycles. The lowest BCUT2D eigenvalue weighted by atomic mass is 10.0. The number of fused-ring (bicyclic) bond motifs is 1. The molecule has 0 N–H and O–H groups in total. The molecule has 0 atom stereocenters. The highest BCUT2D eigenvalue weighted by Crippen LogP contribution is 2.18. The number of nitrogens with zero attached hydrogens (tertiary/aromatic N) is 1. The maximum Gasteiger partial charge on any atom is 0.195 e. The summed E-state index contributed by atoms with van der Waals surface area (Å²) in [4.78, 5) is 27.9. The zero-order valence-electron chi connectivity index (χ0n) is 14.6. The summed E-state index contributed by atoms with van der Waals surface area (Å²) in [5.41, 5.74) is 1.77. The van der Waals surface area contributed by atoms with Crippen molar-refractivity contribution in [2.24, 2.45) is 0 Å². The van der Waals surface area contributed by atoms with E-state index in [0.29, 0.717) is 22.9 Å². The second-order valence-electron chi connectivity index (χ2n) is 4.43. The molecule has 3 nitrogen and oxygen atoms in total. The average molecular weight is 354 g/mol. The highest BCUT2D eigenvalue weighted by Gasteiger charge is 2.15. The number of ketones is 1. The maximum atomic E-state index is 12.5. The Morgan fingerprint density at radius 2 is 1.38 bits per heavy atom. The van der Waals surface area contributed by atoms with Gasteiger partial charge in [-0.15, -0.1) is 0 Å². The van der Waals surface area contributed by atoms with E-state index in [4.69, 9.17) is 0 Å². The number of aldehydes is 1.